The van der Waals surface area contributed by atoms with Crippen molar-refractivity contribution < 1.29 is 17.9 Å². The van der Waals surface area contributed by atoms with Gasteiger partial charge in [0.05, 0.1) is 6.61 Å². The first-order valence-corrected chi connectivity index (χ1v) is 8.78. The van der Waals surface area contributed by atoms with Crippen LogP contribution >= 0.6 is 0 Å². The molecule has 120 valence electrons. The first kappa shape index (κ1) is 15.3. The molecule has 1 aromatic carbocycles. The summed E-state index contributed by atoms with van der Waals surface area (Å²) in [7, 11) is -3.67. The molecule has 2 aliphatic heterocycles. The maximum Gasteiger partial charge on any atom is 0.277 e. The monoisotopic (exact) mass is 325 g/mol. The summed E-state index contributed by atoms with van der Waals surface area (Å²) in [5, 5.41) is 5.10. The molecule has 8 heteroatoms. The summed E-state index contributed by atoms with van der Waals surface area (Å²) in [6, 6.07) is 5.48. The van der Waals surface area contributed by atoms with Crippen LogP contribution in [0, 0.1) is 0 Å². The maximum atomic E-state index is 12.5. The molecule has 0 bridgehead atoms. The Morgan fingerprint density at radius 2 is 1.91 bits per heavy atom. The van der Waals surface area contributed by atoms with Crippen LogP contribution in [0.5, 0.6) is 5.75 Å². The van der Waals surface area contributed by atoms with E-state index in [2.05, 4.69) is 0 Å². The van der Waals surface area contributed by atoms with Gasteiger partial charge in [-0.25, -0.2) is 5.14 Å². The molecule has 0 atom stereocenters. The number of carbonyl (C=O) groups excluding carboxylic acids is 1. The highest BCUT2D eigenvalue weighted by atomic mass is 32.2. The van der Waals surface area contributed by atoms with Gasteiger partial charge >= 0.3 is 0 Å². The van der Waals surface area contributed by atoms with Gasteiger partial charge in [-0.3, -0.25) is 4.79 Å². The standard InChI is InChI=1S/C14H19N3O4S/c15-22(19,20)17-7-5-16(6-8-17)14(18)12-3-4-13-11(10-12)2-1-9-21-13/h3-4,10H,1-2,5-9H2,(H2,15,19,20). The van der Waals surface area contributed by atoms with Crippen molar-refractivity contribution in [3.63, 3.8) is 0 Å². The van der Waals surface area contributed by atoms with Crippen molar-refractivity contribution in [1.29, 1.82) is 0 Å². The summed E-state index contributed by atoms with van der Waals surface area (Å²) in [4.78, 5) is 14.2. The lowest BCUT2D eigenvalue weighted by atomic mass is 10.0. The number of fused-ring (bicyclic) bond motifs is 1. The molecular weight excluding hydrogens is 306 g/mol. The topological polar surface area (TPSA) is 92.9 Å². The van der Waals surface area contributed by atoms with Crippen LogP contribution < -0.4 is 9.88 Å². The van der Waals surface area contributed by atoms with Gasteiger partial charge in [-0.15, -0.1) is 0 Å². The number of nitrogens with zero attached hydrogens (tertiary/aromatic N) is 2. The Labute approximate surface area is 129 Å². The van der Waals surface area contributed by atoms with E-state index in [1.165, 1.54) is 4.31 Å². The number of ether oxygens (including phenoxy) is 1. The van der Waals surface area contributed by atoms with E-state index in [1.54, 1.807) is 11.0 Å². The molecule has 3 rings (SSSR count). The zero-order valence-corrected chi connectivity index (χ0v) is 13.0. The number of hydrogen-bond donors (Lipinski definition) is 1. The van der Waals surface area contributed by atoms with E-state index in [4.69, 9.17) is 9.88 Å². The summed E-state index contributed by atoms with van der Waals surface area (Å²) in [6.07, 6.45) is 1.87. The minimum atomic E-state index is -3.67. The second-order valence-electron chi connectivity index (χ2n) is 5.51. The van der Waals surface area contributed by atoms with Crippen LogP contribution in [0.4, 0.5) is 0 Å². The molecule has 1 fully saturated rings. The highest BCUT2D eigenvalue weighted by Crippen LogP contribution is 2.26. The highest BCUT2D eigenvalue weighted by Gasteiger charge is 2.27. The van der Waals surface area contributed by atoms with E-state index < -0.39 is 10.2 Å². The zero-order valence-electron chi connectivity index (χ0n) is 12.2. The Morgan fingerprint density at radius 3 is 2.59 bits per heavy atom. The average Bonchev–Trinajstić information content (AvgIpc) is 2.53. The van der Waals surface area contributed by atoms with E-state index >= 15 is 0 Å². The SMILES string of the molecule is NS(=O)(=O)N1CCN(C(=O)c2ccc3c(c2)CCCO3)CC1. The van der Waals surface area contributed by atoms with Gasteiger partial charge < -0.3 is 9.64 Å². The molecule has 0 aromatic heterocycles. The van der Waals surface area contributed by atoms with Gasteiger partial charge in [-0.1, -0.05) is 0 Å². The van der Waals surface area contributed by atoms with E-state index in [-0.39, 0.29) is 19.0 Å². The lowest BCUT2D eigenvalue weighted by molar-refractivity contribution is 0.0697. The van der Waals surface area contributed by atoms with E-state index in [1.807, 2.05) is 12.1 Å². The number of carbonyl (C=O) groups is 1. The van der Waals surface area contributed by atoms with Crippen LogP contribution in [-0.4, -0.2) is 56.3 Å². The number of nitrogens with two attached hydrogens (primary N) is 1. The van der Waals surface area contributed by atoms with Crippen molar-refractivity contribution in [2.45, 2.75) is 12.8 Å². The fourth-order valence-corrected chi connectivity index (χ4v) is 3.49. The van der Waals surface area contributed by atoms with E-state index in [0.29, 0.717) is 18.7 Å². The smallest absolute Gasteiger partial charge is 0.277 e. The van der Waals surface area contributed by atoms with Gasteiger partial charge in [-0.05, 0) is 36.6 Å². The molecule has 2 aliphatic rings. The van der Waals surface area contributed by atoms with Crippen molar-refractivity contribution in [3.8, 4) is 5.75 Å². The number of hydrogen-bond acceptors (Lipinski definition) is 4. The molecule has 0 saturated carbocycles. The maximum absolute atomic E-state index is 12.5. The second kappa shape index (κ2) is 5.86. The van der Waals surface area contributed by atoms with Crippen molar-refractivity contribution >= 4 is 16.1 Å². The van der Waals surface area contributed by atoms with Crippen molar-refractivity contribution in [3.05, 3.63) is 29.3 Å². The fourth-order valence-electron chi connectivity index (χ4n) is 2.82. The van der Waals surface area contributed by atoms with Gasteiger partial charge in [0.25, 0.3) is 16.1 Å². The van der Waals surface area contributed by atoms with Crippen LogP contribution in [0.25, 0.3) is 0 Å². The molecule has 2 heterocycles. The van der Waals surface area contributed by atoms with Gasteiger partial charge in [-0.2, -0.15) is 12.7 Å². The largest absolute Gasteiger partial charge is 0.493 e. The second-order valence-corrected chi connectivity index (χ2v) is 7.06. The third-order valence-electron chi connectivity index (χ3n) is 4.04. The van der Waals surface area contributed by atoms with Crippen molar-refractivity contribution in [2.24, 2.45) is 5.14 Å². The van der Waals surface area contributed by atoms with Gasteiger partial charge in [0.1, 0.15) is 5.75 Å². The van der Waals surface area contributed by atoms with E-state index in [0.717, 1.165) is 30.8 Å². The zero-order chi connectivity index (χ0) is 15.7. The summed E-state index contributed by atoms with van der Waals surface area (Å²) >= 11 is 0. The predicted molar refractivity (Wildman–Crippen MR) is 80.8 cm³/mol. The van der Waals surface area contributed by atoms with Crippen LogP contribution in [0.3, 0.4) is 0 Å². The Morgan fingerprint density at radius 1 is 1.18 bits per heavy atom. The van der Waals surface area contributed by atoms with Crippen LogP contribution in [0.15, 0.2) is 18.2 Å². The number of piperazine rings is 1. The Bertz CT molecular complexity index is 681. The van der Waals surface area contributed by atoms with Gasteiger partial charge in [0, 0.05) is 31.7 Å². The minimum Gasteiger partial charge on any atom is -0.493 e. The molecule has 0 spiro atoms. The van der Waals surface area contributed by atoms with E-state index in [9.17, 15) is 13.2 Å². The lowest BCUT2D eigenvalue weighted by Gasteiger charge is -2.33. The normalized spacial score (nSPS) is 19.4. The molecule has 1 amide bonds. The summed E-state index contributed by atoms with van der Waals surface area (Å²) < 4.78 is 29.3. The molecule has 0 aliphatic carbocycles. The first-order valence-electron chi connectivity index (χ1n) is 7.28. The van der Waals surface area contributed by atoms with Gasteiger partial charge in [0.2, 0.25) is 0 Å². The highest BCUT2D eigenvalue weighted by molar-refractivity contribution is 7.86. The molecule has 2 N–H and O–H groups in total. The van der Waals surface area contributed by atoms with Gasteiger partial charge in [0.15, 0.2) is 0 Å². The third-order valence-corrected chi connectivity index (χ3v) is 5.13. The number of rotatable bonds is 2. The first-order chi connectivity index (χ1) is 10.4. The number of aryl methyl sites for hydroxylation is 1. The van der Waals surface area contributed by atoms with Crippen molar-refractivity contribution in [2.75, 3.05) is 32.8 Å². The predicted octanol–water partition coefficient (Wildman–Crippen LogP) is -0.0271. The van der Waals surface area contributed by atoms with Crippen LogP contribution in [-0.2, 0) is 16.6 Å². The summed E-state index contributed by atoms with van der Waals surface area (Å²) in [5.41, 5.74) is 1.67. The number of benzene rings is 1. The Balaban J connectivity index is 1.70. The number of amides is 1. The molecule has 0 radical (unpaired) electrons. The molecule has 7 nitrogen and oxygen atoms in total. The minimum absolute atomic E-state index is 0.0811. The van der Waals surface area contributed by atoms with Crippen molar-refractivity contribution in [1.82, 2.24) is 9.21 Å². The molecular formula is C14H19N3O4S. The lowest BCUT2D eigenvalue weighted by Crippen LogP contribution is -2.52. The van der Waals surface area contributed by atoms with Crippen LogP contribution in [0.1, 0.15) is 22.3 Å². The quantitative estimate of drug-likeness (QED) is 0.826. The molecule has 0 unspecified atom stereocenters. The Kier molecular flexibility index (Phi) is 4.07. The summed E-state index contributed by atoms with van der Waals surface area (Å²) in [6.45, 7) is 1.89. The fraction of sp³-hybridized carbons (Fsp3) is 0.500. The van der Waals surface area contributed by atoms with Crippen LogP contribution in [0.2, 0.25) is 0 Å². The third kappa shape index (κ3) is 3.08. The average molecular weight is 325 g/mol. The summed E-state index contributed by atoms with van der Waals surface area (Å²) in [5.74, 6) is 0.768. The molecule has 22 heavy (non-hydrogen) atoms. The molecule has 1 aromatic rings. The Hall–Kier alpha value is -1.64. The molecule has 1 saturated heterocycles.